The lowest BCUT2D eigenvalue weighted by Crippen LogP contribution is -2.29. The average Bonchev–Trinajstić information content (AvgIpc) is 3.51. The summed E-state index contributed by atoms with van der Waals surface area (Å²) in [4.78, 5) is 32.6. The van der Waals surface area contributed by atoms with Gasteiger partial charge in [-0.05, 0) is 74.0 Å². The lowest BCUT2D eigenvalue weighted by molar-refractivity contribution is -0.132. The minimum Gasteiger partial charge on any atom is -0.507 e. The Labute approximate surface area is 222 Å². The molecular formula is C30H31N3O5. The van der Waals surface area contributed by atoms with Crippen LogP contribution in [0.4, 0.5) is 17.1 Å². The Balaban J connectivity index is 1.64. The highest BCUT2D eigenvalue weighted by Gasteiger charge is 2.47. The number of nitrogens with zero attached hydrogens (tertiary/aromatic N) is 3. The highest BCUT2D eigenvalue weighted by atomic mass is 16.7. The number of aliphatic hydroxyl groups excluding tert-OH is 1. The van der Waals surface area contributed by atoms with Crippen molar-refractivity contribution in [3.8, 4) is 11.5 Å². The van der Waals surface area contributed by atoms with Crippen molar-refractivity contribution in [2.45, 2.75) is 19.9 Å². The molecule has 8 nitrogen and oxygen atoms in total. The third-order valence-corrected chi connectivity index (χ3v) is 7.07. The van der Waals surface area contributed by atoms with Gasteiger partial charge in [-0.15, -0.1) is 0 Å². The van der Waals surface area contributed by atoms with E-state index in [0.29, 0.717) is 28.3 Å². The summed E-state index contributed by atoms with van der Waals surface area (Å²) in [5.41, 5.74) is 3.70. The molecule has 3 aromatic rings. The van der Waals surface area contributed by atoms with Crippen molar-refractivity contribution in [1.82, 2.24) is 0 Å². The Morgan fingerprint density at radius 3 is 2.16 bits per heavy atom. The fourth-order valence-corrected chi connectivity index (χ4v) is 4.98. The molecular weight excluding hydrogens is 482 g/mol. The maximum Gasteiger partial charge on any atom is 0.300 e. The van der Waals surface area contributed by atoms with E-state index in [0.717, 1.165) is 24.5 Å². The third kappa shape index (κ3) is 4.32. The number of ketones is 1. The van der Waals surface area contributed by atoms with Crippen LogP contribution in [0.1, 0.15) is 31.0 Å². The third-order valence-electron chi connectivity index (χ3n) is 7.07. The number of fused-ring (bicyclic) bond motifs is 1. The predicted molar refractivity (Wildman–Crippen MR) is 148 cm³/mol. The van der Waals surface area contributed by atoms with Gasteiger partial charge in [-0.25, -0.2) is 0 Å². The molecule has 2 aliphatic heterocycles. The Morgan fingerprint density at radius 1 is 0.895 bits per heavy atom. The summed E-state index contributed by atoms with van der Waals surface area (Å²) in [6.07, 6.45) is 0. The summed E-state index contributed by atoms with van der Waals surface area (Å²) in [5.74, 6) is -0.655. The fourth-order valence-electron chi connectivity index (χ4n) is 4.98. The summed E-state index contributed by atoms with van der Waals surface area (Å²) < 4.78 is 10.8. The van der Waals surface area contributed by atoms with E-state index in [9.17, 15) is 14.7 Å². The molecule has 1 unspecified atom stereocenters. The smallest absolute Gasteiger partial charge is 0.300 e. The van der Waals surface area contributed by atoms with Crippen LogP contribution in [0.5, 0.6) is 11.5 Å². The number of hydrogen-bond acceptors (Lipinski definition) is 7. The lowest BCUT2D eigenvalue weighted by atomic mass is 9.94. The van der Waals surface area contributed by atoms with Crippen LogP contribution < -0.4 is 24.2 Å². The second-order valence-electron chi connectivity index (χ2n) is 9.41. The van der Waals surface area contributed by atoms with Crippen molar-refractivity contribution < 1.29 is 24.2 Å². The van der Waals surface area contributed by atoms with Crippen LogP contribution >= 0.6 is 0 Å². The Morgan fingerprint density at radius 2 is 1.53 bits per heavy atom. The topological polar surface area (TPSA) is 82.6 Å². The Hall–Kier alpha value is -4.46. The molecule has 1 N–H and O–H groups in total. The number of benzene rings is 3. The molecule has 196 valence electrons. The van der Waals surface area contributed by atoms with Crippen LogP contribution in [0.3, 0.4) is 0 Å². The van der Waals surface area contributed by atoms with Crippen molar-refractivity contribution >= 4 is 34.5 Å². The SMILES string of the molecule is CCN(CC)c1ccc(N2C(=O)C(=O)/C(=C(\O)c3ccc4c(c3)OCO4)C2c2ccc(N(C)C)cc2)cc1. The number of anilines is 3. The molecule has 3 aromatic carbocycles. The summed E-state index contributed by atoms with van der Waals surface area (Å²) in [5, 5.41) is 11.4. The van der Waals surface area contributed by atoms with Crippen LogP contribution in [0.25, 0.3) is 5.76 Å². The summed E-state index contributed by atoms with van der Waals surface area (Å²) in [6.45, 7) is 5.97. The maximum absolute atomic E-state index is 13.5. The maximum atomic E-state index is 13.5. The molecule has 2 aliphatic rings. The van der Waals surface area contributed by atoms with Crippen LogP contribution in [0.15, 0.2) is 72.3 Å². The number of rotatable bonds is 7. The van der Waals surface area contributed by atoms with E-state index < -0.39 is 17.7 Å². The van der Waals surface area contributed by atoms with E-state index in [1.54, 1.807) is 18.2 Å². The van der Waals surface area contributed by atoms with Gasteiger partial charge in [-0.2, -0.15) is 0 Å². The fraction of sp³-hybridized carbons (Fsp3) is 0.267. The zero-order valence-electron chi connectivity index (χ0n) is 22.0. The predicted octanol–water partition coefficient (Wildman–Crippen LogP) is 4.95. The molecule has 0 spiro atoms. The normalized spacial score (nSPS) is 17.7. The Bertz CT molecular complexity index is 1390. The van der Waals surface area contributed by atoms with E-state index in [1.807, 2.05) is 67.5 Å². The van der Waals surface area contributed by atoms with Crippen LogP contribution in [0.2, 0.25) is 0 Å². The molecule has 1 atom stereocenters. The van der Waals surface area contributed by atoms with Crippen LogP contribution in [-0.4, -0.2) is 50.8 Å². The van der Waals surface area contributed by atoms with Gasteiger partial charge >= 0.3 is 0 Å². The number of ether oxygens (including phenoxy) is 2. The summed E-state index contributed by atoms with van der Waals surface area (Å²) >= 11 is 0. The van der Waals surface area contributed by atoms with Gasteiger partial charge < -0.3 is 24.4 Å². The second-order valence-corrected chi connectivity index (χ2v) is 9.41. The first-order chi connectivity index (χ1) is 18.3. The molecule has 0 aromatic heterocycles. The van der Waals surface area contributed by atoms with Gasteiger partial charge in [0.2, 0.25) is 6.79 Å². The second kappa shape index (κ2) is 10.1. The standard InChI is InChI=1S/C30H31N3O5/c1-5-32(6-2)22-12-14-23(15-13-22)33-27(19-7-10-21(11-8-19)31(3)4)26(29(35)30(33)36)28(34)20-9-16-24-25(17-20)38-18-37-24/h7-17,27,34H,5-6,18H2,1-4H3/b28-26-. The highest BCUT2D eigenvalue weighted by molar-refractivity contribution is 6.51. The van der Waals surface area contributed by atoms with Gasteiger partial charge in [0, 0.05) is 49.8 Å². The first kappa shape index (κ1) is 25.2. The zero-order chi connectivity index (χ0) is 27.0. The molecule has 8 heteroatoms. The number of carbonyl (C=O) groups excluding carboxylic acids is 2. The minimum atomic E-state index is -0.809. The average molecular weight is 514 g/mol. The van der Waals surface area contributed by atoms with E-state index >= 15 is 0 Å². The van der Waals surface area contributed by atoms with Gasteiger partial charge in [0.15, 0.2) is 11.5 Å². The molecule has 2 heterocycles. The quantitative estimate of drug-likeness (QED) is 0.272. The number of Topliss-reactive ketones (excluding diaryl/α,β-unsaturated/α-hetero) is 1. The molecule has 0 saturated carbocycles. The monoisotopic (exact) mass is 513 g/mol. The van der Waals surface area contributed by atoms with Gasteiger partial charge in [-0.1, -0.05) is 12.1 Å². The first-order valence-electron chi connectivity index (χ1n) is 12.7. The van der Waals surface area contributed by atoms with Crippen molar-refractivity contribution in [3.05, 3.63) is 83.4 Å². The van der Waals surface area contributed by atoms with Gasteiger partial charge in [0.05, 0.1) is 11.6 Å². The molecule has 38 heavy (non-hydrogen) atoms. The molecule has 1 amide bonds. The van der Waals surface area contributed by atoms with E-state index in [-0.39, 0.29) is 18.1 Å². The number of aliphatic hydroxyl groups is 1. The molecule has 1 fully saturated rings. The number of amides is 1. The lowest BCUT2D eigenvalue weighted by Gasteiger charge is -2.27. The van der Waals surface area contributed by atoms with E-state index in [1.165, 1.54) is 4.90 Å². The molecule has 0 bridgehead atoms. The van der Waals surface area contributed by atoms with Gasteiger partial charge in [0.25, 0.3) is 11.7 Å². The molecule has 0 aliphatic carbocycles. The van der Waals surface area contributed by atoms with Crippen LogP contribution in [-0.2, 0) is 9.59 Å². The first-order valence-corrected chi connectivity index (χ1v) is 12.7. The molecule has 5 rings (SSSR count). The zero-order valence-corrected chi connectivity index (χ0v) is 22.0. The minimum absolute atomic E-state index is 0.0271. The highest BCUT2D eigenvalue weighted by Crippen LogP contribution is 2.44. The summed E-state index contributed by atoms with van der Waals surface area (Å²) in [6, 6.07) is 19.4. The number of hydrogen-bond donors (Lipinski definition) is 1. The van der Waals surface area contributed by atoms with Gasteiger partial charge in [-0.3, -0.25) is 14.5 Å². The number of carbonyl (C=O) groups is 2. The molecule has 1 saturated heterocycles. The molecule has 0 radical (unpaired) electrons. The van der Waals surface area contributed by atoms with Crippen molar-refractivity contribution in [3.63, 3.8) is 0 Å². The largest absolute Gasteiger partial charge is 0.507 e. The Kier molecular flexibility index (Phi) is 6.72. The van der Waals surface area contributed by atoms with E-state index in [4.69, 9.17) is 9.47 Å². The van der Waals surface area contributed by atoms with E-state index in [2.05, 4.69) is 18.7 Å². The van der Waals surface area contributed by atoms with Crippen LogP contribution in [0, 0.1) is 0 Å². The van der Waals surface area contributed by atoms with Gasteiger partial charge in [0.1, 0.15) is 5.76 Å². The van der Waals surface area contributed by atoms with Crippen molar-refractivity contribution in [1.29, 1.82) is 0 Å². The summed E-state index contributed by atoms with van der Waals surface area (Å²) in [7, 11) is 3.89. The van der Waals surface area contributed by atoms with Crippen molar-refractivity contribution in [2.24, 2.45) is 0 Å². The van der Waals surface area contributed by atoms with Crippen molar-refractivity contribution in [2.75, 3.05) is 48.7 Å².